The smallest absolute Gasteiger partial charge is 0.327 e. The van der Waals surface area contributed by atoms with Crippen molar-refractivity contribution in [1.82, 2.24) is 14.5 Å². The number of aromatic nitrogens is 3. The molecule has 0 unspecified atom stereocenters. The van der Waals surface area contributed by atoms with Crippen LogP contribution in [0, 0.1) is 0 Å². The fourth-order valence-electron chi connectivity index (χ4n) is 1.75. The molecule has 0 saturated carbocycles. The third-order valence-corrected chi connectivity index (χ3v) is 2.64. The van der Waals surface area contributed by atoms with Gasteiger partial charge in [0, 0.05) is 18.8 Å². The third-order valence-electron chi connectivity index (χ3n) is 2.64. The van der Waals surface area contributed by atoms with Crippen molar-refractivity contribution in [3.05, 3.63) is 59.3 Å². The molecule has 5 heteroatoms. The number of nitrogens with zero attached hydrogens (tertiary/aromatic N) is 2. The Kier molecular flexibility index (Phi) is 3.14. The van der Waals surface area contributed by atoms with Crippen molar-refractivity contribution >= 4 is 16.7 Å². The molecule has 0 aliphatic rings. The number of rotatable bonds is 3. The second-order valence-corrected chi connectivity index (χ2v) is 3.80. The van der Waals surface area contributed by atoms with Crippen LogP contribution in [0.25, 0.3) is 16.7 Å². The molecule has 0 atom stereocenters. The fraction of sp³-hybridized carbons (Fsp3) is 0.0769. The first-order chi connectivity index (χ1) is 8.67. The van der Waals surface area contributed by atoms with Gasteiger partial charge >= 0.3 is 5.69 Å². The second kappa shape index (κ2) is 4.75. The van der Waals surface area contributed by atoms with Crippen molar-refractivity contribution in [1.29, 1.82) is 0 Å². The zero-order chi connectivity index (χ0) is 13.1. The van der Waals surface area contributed by atoms with Gasteiger partial charge in [0.15, 0.2) is 5.65 Å². The van der Waals surface area contributed by atoms with Crippen LogP contribution >= 0.6 is 0 Å². The molecule has 0 aromatic carbocycles. The molecular weight excluding hydrogens is 228 g/mol. The summed E-state index contributed by atoms with van der Waals surface area (Å²) in [5, 5.41) is 0. The molecule has 0 radical (unpaired) electrons. The topological polar surface area (TPSA) is 76.7 Å². The molecule has 0 saturated heterocycles. The number of H-pyrrole nitrogens is 1. The number of allylic oxidation sites excluding steroid dienone is 4. The molecule has 0 spiro atoms. The van der Waals surface area contributed by atoms with Crippen LogP contribution in [0.4, 0.5) is 0 Å². The SMILES string of the molecule is C=C/C=C(\C=C/N)c1cnc2c(c1)[nH]c(=O)n2C. The van der Waals surface area contributed by atoms with Gasteiger partial charge in [-0.3, -0.25) is 4.57 Å². The van der Waals surface area contributed by atoms with E-state index >= 15 is 0 Å². The van der Waals surface area contributed by atoms with E-state index in [1.165, 1.54) is 10.8 Å². The van der Waals surface area contributed by atoms with Crippen molar-refractivity contribution in [2.24, 2.45) is 12.8 Å². The van der Waals surface area contributed by atoms with Crippen LogP contribution in [0.5, 0.6) is 0 Å². The van der Waals surface area contributed by atoms with Crippen LogP contribution in [0.15, 0.2) is 48.1 Å². The quantitative estimate of drug-likeness (QED) is 0.796. The molecule has 0 aliphatic carbocycles. The average molecular weight is 242 g/mol. The lowest BCUT2D eigenvalue weighted by molar-refractivity contribution is 0.879. The van der Waals surface area contributed by atoms with E-state index in [1.54, 1.807) is 25.4 Å². The highest BCUT2D eigenvalue weighted by Crippen LogP contribution is 2.18. The van der Waals surface area contributed by atoms with Crippen molar-refractivity contribution in [2.75, 3.05) is 0 Å². The van der Waals surface area contributed by atoms with Crippen LogP contribution in [0.2, 0.25) is 0 Å². The maximum Gasteiger partial charge on any atom is 0.327 e. The van der Waals surface area contributed by atoms with Crippen molar-refractivity contribution in [3.63, 3.8) is 0 Å². The molecular formula is C13H14N4O. The minimum Gasteiger partial charge on any atom is -0.405 e. The number of aromatic amines is 1. The van der Waals surface area contributed by atoms with E-state index in [4.69, 9.17) is 5.73 Å². The summed E-state index contributed by atoms with van der Waals surface area (Å²) < 4.78 is 1.47. The highest BCUT2D eigenvalue weighted by molar-refractivity contribution is 5.81. The lowest BCUT2D eigenvalue weighted by Crippen LogP contribution is -2.12. The predicted molar refractivity (Wildman–Crippen MR) is 72.8 cm³/mol. The van der Waals surface area contributed by atoms with Crippen LogP contribution in [0.1, 0.15) is 5.56 Å². The van der Waals surface area contributed by atoms with E-state index < -0.39 is 0 Å². The van der Waals surface area contributed by atoms with Gasteiger partial charge in [0.05, 0.1) is 5.52 Å². The first-order valence-corrected chi connectivity index (χ1v) is 5.43. The van der Waals surface area contributed by atoms with Crippen LogP contribution in [-0.4, -0.2) is 14.5 Å². The van der Waals surface area contributed by atoms with E-state index in [2.05, 4.69) is 16.5 Å². The van der Waals surface area contributed by atoms with E-state index in [-0.39, 0.29) is 5.69 Å². The van der Waals surface area contributed by atoms with E-state index in [0.717, 1.165) is 11.1 Å². The first kappa shape index (κ1) is 11.9. The standard InChI is InChI=1S/C13H14N4O/c1-3-4-9(5-6-14)10-7-11-12(15-8-10)17(2)13(18)16-11/h3-8H,1,14H2,2H3,(H,16,18)/b6-5-,9-4+. The summed E-state index contributed by atoms with van der Waals surface area (Å²) in [4.78, 5) is 18.5. The molecule has 0 amide bonds. The highest BCUT2D eigenvalue weighted by atomic mass is 16.1. The minimum atomic E-state index is -0.182. The summed E-state index contributed by atoms with van der Waals surface area (Å²) in [6.07, 6.45) is 8.41. The monoisotopic (exact) mass is 242 g/mol. The van der Waals surface area contributed by atoms with Gasteiger partial charge in [-0.2, -0.15) is 0 Å². The number of nitrogens with one attached hydrogen (secondary N) is 1. The molecule has 2 aromatic rings. The fourth-order valence-corrected chi connectivity index (χ4v) is 1.75. The number of nitrogens with two attached hydrogens (primary N) is 1. The lowest BCUT2D eigenvalue weighted by Gasteiger charge is -2.01. The molecule has 3 N–H and O–H groups in total. The molecule has 5 nitrogen and oxygen atoms in total. The number of pyridine rings is 1. The summed E-state index contributed by atoms with van der Waals surface area (Å²) in [6.45, 7) is 3.66. The summed E-state index contributed by atoms with van der Waals surface area (Å²) in [5.41, 5.74) is 8.28. The summed E-state index contributed by atoms with van der Waals surface area (Å²) in [7, 11) is 1.67. The van der Waals surface area contributed by atoms with Gasteiger partial charge < -0.3 is 10.7 Å². The Morgan fingerprint density at radius 2 is 2.39 bits per heavy atom. The molecule has 2 aromatic heterocycles. The number of hydrogen-bond acceptors (Lipinski definition) is 3. The van der Waals surface area contributed by atoms with E-state index in [9.17, 15) is 4.79 Å². The summed E-state index contributed by atoms with van der Waals surface area (Å²) in [6, 6.07) is 1.86. The Labute approximate surface area is 104 Å². The van der Waals surface area contributed by atoms with Crippen LogP contribution in [-0.2, 0) is 7.05 Å². The summed E-state index contributed by atoms with van der Waals surface area (Å²) >= 11 is 0. The zero-order valence-corrected chi connectivity index (χ0v) is 10.1. The normalized spacial score (nSPS) is 12.4. The maximum absolute atomic E-state index is 11.5. The Balaban J connectivity index is 2.62. The number of hydrogen-bond donors (Lipinski definition) is 2. The van der Waals surface area contributed by atoms with Gasteiger partial charge in [-0.1, -0.05) is 18.7 Å². The molecule has 0 fully saturated rings. The minimum absolute atomic E-state index is 0.182. The van der Waals surface area contributed by atoms with Crippen molar-refractivity contribution < 1.29 is 0 Å². The van der Waals surface area contributed by atoms with Gasteiger partial charge in [-0.15, -0.1) is 0 Å². The van der Waals surface area contributed by atoms with Crippen molar-refractivity contribution in [3.8, 4) is 0 Å². The number of imidazole rings is 1. The zero-order valence-electron chi connectivity index (χ0n) is 10.1. The highest BCUT2D eigenvalue weighted by Gasteiger charge is 2.06. The van der Waals surface area contributed by atoms with Crippen molar-refractivity contribution in [2.45, 2.75) is 0 Å². The Hall–Kier alpha value is -2.56. The van der Waals surface area contributed by atoms with Gasteiger partial charge in [-0.05, 0) is 23.9 Å². The van der Waals surface area contributed by atoms with E-state index in [0.29, 0.717) is 11.2 Å². The van der Waals surface area contributed by atoms with Gasteiger partial charge in [0.1, 0.15) is 0 Å². The molecule has 0 aliphatic heterocycles. The molecule has 0 bridgehead atoms. The predicted octanol–water partition coefficient (Wildman–Crippen LogP) is 1.30. The van der Waals surface area contributed by atoms with Crippen LogP contribution < -0.4 is 11.4 Å². The van der Waals surface area contributed by atoms with Gasteiger partial charge in [0.2, 0.25) is 0 Å². The Morgan fingerprint density at radius 3 is 3.06 bits per heavy atom. The number of fused-ring (bicyclic) bond motifs is 1. The Bertz CT molecular complexity index is 703. The number of aryl methyl sites for hydroxylation is 1. The molecule has 18 heavy (non-hydrogen) atoms. The summed E-state index contributed by atoms with van der Waals surface area (Å²) in [5.74, 6) is 0. The maximum atomic E-state index is 11.5. The molecule has 92 valence electrons. The molecule has 2 rings (SSSR count). The largest absolute Gasteiger partial charge is 0.405 e. The molecule has 2 heterocycles. The van der Waals surface area contributed by atoms with Crippen LogP contribution in [0.3, 0.4) is 0 Å². The lowest BCUT2D eigenvalue weighted by atomic mass is 10.1. The average Bonchev–Trinajstić information content (AvgIpc) is 2.64. The third kappa shape index (κ3) is 1.98. The Morgan fingerprint density at radius 1 is 1.61 bits per heavy atom. The van der Waals surface area contributed by atoms with E-state index in [1.807, 2.05) is 12.1 Å². The van der Waals surface area contributed by atoms with Gasteiger partial charge in [-0.25, -0.2) is 9.78 Å². The second-order valence-electron chi connectivity index (χ2n) is 3.80. The van der Waals surface area contributed by atoms with Gasteiger partial charge in [0.25, 0.3) is 0 Å². The first-order valence-electron chi connectivity index (χ1n) is 5.43.